The van der Waals surface area contributed by atoms with Crippen LogP contribution >= 0.6 is 11.6 Å². The largest absolute Gasteiger partial charge is 0.444 e. The Labute approximate surface area is 226 Å². The molecular formula is C27H36ClN5O5. The van der Waals surface area contributed by atoms with Gasteiger partial charge in [0, 0.05) is 50.9 Å². The van der Waals surface area contributed by atoms with Crippen LogP contribution in [-0.2, 0) is 36.7 Å². The van der Waals surface area contributed by atoms with Crippen molar-refractivity contribution < 1.29 is 14.3 Å². The lowest BCUT2D eigenvalue weighted by molar-refractivity contribution is 0.0500. The Morgan fingerprint density at radius 1 is 1.13 bits per heavy atom. The Kier molecular flexibility index (Phi) is 7.94. The van der Waals surface area contributed by atoms with Crippen LogP contribution < -0.4 is 21.5 Å². The Hall–Kier alpha value is -3.24. The number of ether oxygens (including phenoxy) is 2. The minimum Gasteiger partial charge on any atom is -0.444 e. The van der Waals surface area contributed by atoms with Gasteiger partial charge in [-0.05, 0) is 45.2 Å². The van der Waals surface area contributed by atoms with Crippen LogP contribution in [0.15, 0.2) is 33.9 Å². The average molecular weight is 546 g/mol. The molecule has 3 heterocycles. The molecule has 0 unspecified atom stereocenters. The molecule has 4 rings (SSSR count). The number of nitrogens with zero attached hydrogens (tertiary/aromatic N) is 4. The second-order valence-corrected chi connectivity index (χ2v) is 11.2. The SMILES string of the molecule is COCc1c(N2CCC[C@@H](NC(=O)OC(C)(C)C)C2)n(Cc2ccccc2Cl)c2c(=O)n(C)c(=O)n(C)c12. The highest BCUT2D eigenvalue weighted by molar-refractivity contribution is 6.31. The number of aryl methyl sites for hydroxylation is 1. The second-order valence-electron chi connectivity index (χ2n) is 10.7. The fourth-order valence-corrected chi connectivity index (χ4v) is 5.34. The molecule has 1 atom stereocenters. The van der Waals surface area contributed by atoms with Gasteiger partial charge in [0.25, 0.3) is 5.56 Å². The van der Waals surface area contributed by atoms with Crippen LogP contribution in [0.1, 0.15) is 44.7 Å². The van der Waals surface area contributed by atoms with Gasteiger partial charge < -0.3 is 24.3 Å². The van der Waals surface area contributed by atoms with Crippen LogP contribution in [-0.4, -0.2) is 51.6 Å². The predicted molar refractivity (Wildman–Crippen MR) is 148 cm³/mol. The highest BCUT2D eigenvalue weighted by Gasteiger charge is 2.31. The lowest BCUT2D eigenvalue weighted by Crippen LogP contribution is -2.49. The zero-order chi connectivity index (χ0) is 27.8. The van der Waals surface area contributed by atoms with E-state index in [9.17, 15) is 14.4 Å². The van der Waals surface area contributed by atoms with Gasteiger partial charge in [0.15, 0.2) is 0 Å². The zero-order valence-electron chi connectivity index (χ0n) is 22.8. The van der Waals surface area contributed by atoms with Crippen molar-refractivity contribution in [3.05, 3.63) is 61.3 Å². The van der Waals surface area contributed by atoms with Gasteiger partial charge in [-0.3, -0.25) is 13.9 Å². The van der Waals surface area contributed by atoms with E-state index in [0.717, 1.165) is 34.4 Å². The van der Waals surface area contributed by atoms with Crippen molar-refractivity contribution in [3.8, 4) is 0 Å². The summed E-state index contributed by atoms with van der Waals surface area (Å²) in [6.07, 6.45) is 1.15. The van der Waals surface area contributed by atoms with E-state index in [1.54, 1.807) is 14.2 Å². The molecule has 0 spiro atoms. The van der Waals surface area contributed by atoms with Gasteiger partial charge in [0.2, 0.25) is 0 Å². The van der Waals surface area contributed by atoms with E-state index in [0.29, 0.717) is 35.7 Å². The number of rotatable bonds is 6. The van der Waals surface area contributed by atoms with Crippen molar-refractivity contribution in [3.63, 3.8) is 0 Å². The molecule has 0 radical (unpaired) electrons. The molecule has 38 heavy (non-hydrogen) atoms. The van der Waals surface area contributed by atoms with Crippen molar-refractivity contribution >= 4 is 34.5 Å². The number of amides is 1. The Balaban J connectivity index is 1.88. The first-order valence-corrected chi connectivity index (χ1v) is 13.1. The third-order valence-electron chi connectivity index (χ3n) is 6.74. The molecule has 10 nitrogen and oxygen atoms in total. The van der Waals surface area contributed by atoms with E-state index in [2.05, 4.69) is 10.2 Å². The molecule has 1 amide bonds. The van der Waals surface area contributed by atoms with E-state index in [1.165, 1.54) is 11.6 Å². The molecule has 2 aromatic heterocycles. The monoisotopic (exact) mass is 545 g/mol. The molecule has 3 aromatic rings. The lowest BCUT2D eigenvalue weighted by Gasteiger charge is -2.36. The predicted octanol–water partition coefficient (Wildman–Crippen LogP) is 3.38. The number of carbonyl (C=O) groups excluding carboxylic acids is 1. The number of hydrogen-bond acceptors (Lipinski definition) is 6. The van der Waals surface area contributed by atoms with Crippen LogP contribution in [0.4, 0.5) is 10.6 Å². The summed E-state index contributed by atoms with van der Waals surface area (Å²) in [5, 5.41) is 3.58. The molecule has 0 saturated carbocycles. The van der Waals surface area contributed by atoms with Gasteiger partial charge in [0.05, 0.1) is 18.7 Å². The lowest BCUT2D eigenvalue weighted by atomic mass is 10.1. The Bertz CT molecular complexity index is 1470. The smallest absolute Gasteiger partial charge is 0.407 e. The summed E-state index contributed by atoms with van der Waals surface area (Å²) in [6.45, 7) is 7.21. The molecule has 0 aliphatic carbocycles. The molecular weight excluding hydrogens is 510 g/mol. The first-order chi connectivity index (χ1) is 17.9. The number of benzene rings is 1. The zero-order valence-corrected chi connectivity index (χ0v) is 23.6. The second kappa shape index (κ2) is 10.9. The molecule has 1 N–H and O–H groups in total. The van der Waals surface area contributed by atoms with Gasteiger partial charge in [-0.1, -0.05) is 29.8 Å². The van der Waals surface area contributed by atoms with Gasteiger partial charge in [0.1, 0.15) is 16.9 Å². The van der Waals surface area contributed by atoms with E-state index in [4.69, 9.17) is 21.1 Å². The third kappa shape index (κ3) is 5.47. The Morgan fingerprint density at radius 2 is 1.84 bits per heavy atom. The topological polar surface area (TPSA) is 99.7 Å². The summed E-state index contributed by atoms with van der Waals surface area (Å²) in [5.41, 5.74) is 1.11. The van der Waals surface area contributed by atoms with Crippen molar-refractivity contribution in [1.29, 1.82) is 0 Å². The summed E-state index contributed by atoms with van der Waals surface area (Å²) in [7, 11) is 4.73. The molecule has 1 aliphatic rings. The fraction of sp³-hybridized carbons (Fsp3) is 0.519. The van der Waals surface area contributed by atoms with Crippen LogP contribution in [0.2, 0.25) is 5.02 Å². The summed E-state index contributed by atoms with van der Waals surface area (Å²) in [4.78, 5) is 41.2. The maximum Gasteiger partial charge on any atom is 0.407 e. The number of carbonyl (C=O) groups is 1. The molecule has 1 aromatic carbocycles. The van der Waals surface area contributed by atoms with E-state index in [-0.39, 0.29) is 18.2 Å². The van der Waals surface area contributed by atoms with E-state index >= 15 is 0 Å². The number of alkyl carbamates (subject to hydrolysis) is 1. The molecule has 206 valence electrons. The van der Waals surface area contributed by atoms with E-state index in [1.807, 2.05) is 49.6 Å². The van der Waals surface area contributed by atoms with Crippen molar-refractivity contribution in [2.75, 3.05) is 25.1 Å². The standard InChI is InChI=1S/C27H36ClN5O5/c1-27(2,3)38-25(35)29-18-11-9-13-32(15-18)23-19(16-37-6)21-22(24(34)31(5)26(36)30(21)4)33(23)14-17-10-7-8-12-20(17)28/h7-8,10,12,18H,9,11,13-16H2,1-6H3,(H,29,35)/t18-/m1/s1. The molecule has 1 aliphatic heterocycles. The van der Waals surface area contributed by atoms with Gasteiger partial charge in [-0.2, -0.15) is 0 Å². The number of aromatic nitrogens is 3. The summed E-state index contributed by atoms with van der Waals surface area (Å²) in [6, 6.07) is 7.33. The molecule has 1 fully saturated rings. The number of halogens is 1. The normalized spacial score (nSPS) is 16.2. The number of piperidine rings is 1. The first kappa shape index (κ1) is 27.8. The molecule has 11 heteroatoms. The quantitative estimate of drug-likeness (QED) is 0.510. The first-order valence-electron chi connectivity index (χ1n) is 12.7. The summed E-state index contributed by atoms with van der Waals surface area (Å²) >= 11 is 6.54. The highest BCUT2D eigenvalue weighted by atomic mass is 35.5. The van der Waals surface area contributed by atoms with Crippen LogP contribution in [0.25, 0.3) is 11.0 Å². The fourth-order valence-electron chi connectivity index (χ4n) is 5.14. The van der Waals surface area contributed by atoms with Gasteiger partial charge >= 0.3 is 11.8 Å². The number of hydrogen-bond donors (Lipinski definition) is 1. The van der Waals surface area contributed by atoms with Gasteiger partial charge in [-0.25, -0.2) is 9.59 Å². The van der Waals surface area contributed by atoms with E-state index < -0.39 is 17.4 Å². The number of nitrogens with one attached hydrogen (secondary N) is 1. The number of methoxy groups -OCH3 is 1. The average Bonchev–Trinajstić information content (AvgIpc) is 3.15. The van der Waals surface area contributed by atoms with Crippen LogP contribution in [0.5, 0.6) is 0 Å². The van der Waals surface area contributed by atoms with Crippen molar-refractivity contribution in [2.24, 2.45) is 14.1 Å². The Morgan fingerprint density at radius 3 is 2.50 bits per heavy atom. The molecule has 0 bridgehead atoms. The minimum atomic E-state index is -0.601. The minimum absolute atomic E-state index is 0.160. The summed E-state index contributed by atoms with van der Waals surface area (Å²) < 4.78 is 15.6. The van der Waals surface area contributed by atoms with Gasteiger partial charge in [-0.15, -0.1) is 0 Å². The maximum atomic E-state index is 13.6. The molecule has 1 saturated heterocycles. The van der Waals surface area contributed by atoms with Crippen molar-refractivity contribution in [1.82, 2.24) is 19.0 Å². The summed E-state index contributed by atoms with van der Waals surface area (Å²) in [5.74, 6) is 0.774. The van der Waals surface area contributed by atoms with Crippen LogP contribution in [0.3, 0.4) is 0 Å². The highest BCUT2D eigenvalue weighted by Crippen LogP contribution is 2.34. The number of fused-ring (bicyclic) bond motifs is 1. The maximum absolute atomic E-state index is 13.6. The third-order valence-corrected chi connectivity index (χ3v) is 7.11. The number of anilines is 1. The van der Waals surface area contributed by atoms with Crippen LogP contribution in [0, 0.1) is 0 Å². The van der Waals surface area contributed by atoms with Crippen molar-refractivity contribution in [2.45, 2.75) is 58.4 Å².